The van der Waals surface area contributed by atoms with Crippen LogP contribution in [0.2, 0.25) is 0 Å². The van der Waals surface area contributed by atoms with Crippen molar-refractivity contribution in [2.24, 2.45) is 5.73 Å². The van der Waals surface area contributed by atoms with E-state index in [9.17, 15) is 19.1 Å². The molecule has 3 N–H and O–H groups in total. The molecular formula is C20H23FN7O3+. The van der Waals surface area contributed by atoms with E-state index in [4.69, 9.17) is 5.73 Å². The van der Waals surface area contributed by atoms with Crippen molar-refractivity contribution in [3.05, 3.63) is 58.3 Å². The van der Waals surface area contributed by atoms with Crippen molar-refractivity contribution in [3.8, 4) is 11.4 Å². The summed E-state index contributed by atoms with van der Waals surface area (Å²) in [5, 5.41) is 14.2. The number of halogens is 1. The van der Waals surface area contributed by atoms with Crippen LogP contribution in [-0.4, -0.2) is 48.4 Å². The van der Waals surface area contributed by atoms with Gasteiger partial charge in [0.15, 0.2) is 5.69 Å². The van der Waals surface area contributed by atoms with Gasteiger partial charge in [-0.3, -0.25) is 14.1 Å². The van der Waals surface area contributed by atoms with Gasteiger partial charge in [0.1, 0.15) is 31.6 Å². The lowest BCUT2D eigenvalue weighted by atomic mass is 10.1. The number of carbonyl (C=O) groups excluding carboxylic acids is 1. The topological polar surface area (TPSA) is 129 Å². The molecule has 1 aliphatic heterocycles. The van der Waals surface area contributed by atoms with Crippen LogP contribution in [0.5, 0.6) is 5.75 Å². The van der Waals surface area contributed by atoms with E-state index < -0.39 is 28.7 Å². The molecule has 0 bridgehead atoms. The van der Waals surface area contributed by atoms with Crippen molar-refractivity contribution in [2.45, 2.75) is 32.9 Å². The Morgan fingerprint density at radius 1 is 1.39 bits per heavy atom. The van der Waals surface area contributed by atoms with Crippen LogP contribution in [0.25, 0.3) is 5.69 Å². The predicted molar refractivity (Wildman–Crippen MR) is 110 cm³/mol. The number of hydrogen-bond acceptors (Lipinski definition) is 6. The number of benzene rings is 1. The van der Waals surface area contributed by atoms with Crippen LogP contribution in [0.4, 0.5) is 10.3 Å². The summed E-state index contributed by atoms with van der Waals surface area (Å²) in [7, 11) is 0. The van der Waals surface area contributed by atoms with Crippen molar-refractivity contribution < 1.29 is 14.3 Å². The maximum Gasteiger partial charge on any atom is 0.313 e. The maximum atomic E-state index is 14.0. The summed E-state index contributed by atoms with van der Waals surface area (Å²) < 4.78 is 17.2. The number of hydrogen-bond donors (Lipinski definition) is 2. The summed E-state index contributed by atoms with van der Waals surface area (Å²) in [5.74, 6) is -1.76. The van der Waals surface area contributed by atoms with E-state index in [1.165, 1.54) is 34.0 Å². The number of nitrogens with two attached hydrogens (primary N) is 1. The average Bonchev–Trinajstić information content (AvgIpc) is 3.39. The van der Waals surface area contributed by atoms with Gasteiger partial charge in [0.05, 0.1) is 18.8 Å². The van der Waals surface area contributed by atoms with Crippen LogP contribution in [0.15, 0.2) is 35.6 Å². The molecule has 4 rings (SSSR count). The monoisotopic (exact) mass is 428 g/mol. The predicted octanol–water partition coefficient (Wildman–Crippen LogP) is 1.09. The van der Waals surface area contributed by atoms with Crippen molar-refractivity contribution in [1.29, 1.82) is 0 Å². The lowest BCUT2D eigenvalue weighted by molar-refractivity contribution is 0.0991. The Balaban J connectivity index is 1.87. The number of nitrogens with zero attached hydrogens (tertiary/aromatic N) is 6. The third-order valence-corrected chi connectivity index (χ3v) is 5.66. The van der Waals surface area contributed by atoms with Crippen molar-refractivity contribution >= 4 is 11.9 Å². The van der Waals surface area contributed by atoms with Gasteiger partial charge in [0, 0.05) is 11.6 Å². The third kappa shape index (κ3) is 3.56. The van der Waals surface area contributed by atoms with Crippen LogP contribution in [0.3, 0.4) is 0 Å². The lowest BCUT2D eigenvalue weighted by Crippen LogP contribution is -2.49. The Hall–Kier alpha value is -3.60. The zero-order valence-corrected chi connectivity index (χ0v) is 17.0. The Bertz CT molecular complexity index is 1190. The second-order valence-corrected chi connectivity index (χ2v) is 7.65. The van der Waals surface area contributed by atoms with Crippen LogP contribution >= 0.6 is 0 Å². The summed E-state index contributed by atoms with van der Waals surface area (Å²) in [6, 6.07) is 4.42. The molecule has 1 atom stereocenters. The smallest absolute Gasteiger partial charge is 0.313 e. The number of amides is 1. The molecule has 1 aliphatic rings. The quantitative estimate of drug-likeness (QED) is 0.542. The molecule has 3 heterocycles. The van der Waals surface area contributed by atoms with Gasteiger partial charge >= 0.3 is 11.5 Å². The van der Waals surface area contributed by atoms with Gasteiger partial charge in [0.25, 0.3) is 5.91 Å². The highest BCUT2D eigenvalue weighted by Gasteiger charge is 2.43. The molecule has 31 heavy (non-hydrogen) atoms. The van der Waals surface area contributed by atoms with Gasteiger partial charge in [0.2, 0.25) is 5.75 Å². The summed E-state index contributed by atoms with van der Waals surface area (Å²) in [5.41, 5.74) is 5.53. The van der Waals surface area contributed by atoms with E-state index in [1.54, 1.807) is 6.07 Å². The second-order valence-electron chi connectivity index (χ2n) is 7.65. The summed E-state index contributed by atoms with van der Waals surface area (Å²) in [6.07, 6.45) is 4.59. The van der Waals surface area contributed by atoms with Gasteiger partial charge in [-0.15, -0.1) is 0 Å². The highest BCUT2D eigenvalue weighted by molar-refractivity contribution is 5.93. The highest BCUT2D eigenvalue weighted by atomic mass is 19.1. The maximum absolute atomic E-state index is 14.0. The molecule has 0 saturated heterocycles. The third-order valence-electron chi connectivity index (χ3n) is 5.66. The number of primary amides is 1. The summed E-state index contributed by atoms with van der Waals surface area (Å²) in [4.78, 5) is 32.7. The first-order valence-electron chi connectivity index (χ1n) is 10.00. The zero-order chi connectivity index (χ0) is 22.2. The Morgan fingerprint density at radius 3 is 2.87 bits per heavy atom. The number of carbonyl (C=O) groups is 1. The zero-order valence-electron chi connectivity index (χ0n) is 17.0. The SMILES string of the molecule is CCCC[N+]1(Cc2ccc(F)cc2-n2cncn2)CCn2c1nc(C(N)=O)c(O)c2=O. The average molecular weight is 428 g/mol. The molecule has 11 heteroatoms. The Labute approximate surface area is 177 Å². The van der Waals surface area contributed by atoms with Crippen molar-refractivity contribution in [3.63, 3.8) is 0 Å². The molecule has 0 saturated carbocycles. The lowest BCUT2D eigenvalue weighted by Gasteiger charge is -2.33. The van der Waals surface area contributed by atoms with Gasteiger partial charge in [-0.1, -0.05) is 13.3 Å². The van der Waals surface area contributed by atoms with E-state index in [-0.39, 0.29) is 4.48 Å². The fourth-order valence-electron chi connectivity index (χ4n) is 4.10. The highest BCUT2D eigenvalue weighted by Crippen LogP contribution is 2.33. The number of aromatic nitrogens is 5. The molecule has 2 aromatic heterocycles. The van der Waals surface area contributed by atoms with Gasteiger partial charge in [-0.05, 0) is 18.6 Å². The fourth-order valence-corrected chi connectivity index (χ4v) is 4.10. The van der Waals surface area contributed by atoms with E-state index in [1.807, 2.05) is 0 Å². The molecule has 0 fully saturated rings. The molecule has 162 valence electrons. The van der Waals surface area contributed by atoms with E-state index in [2.05, 4.69) is 22.0 Å². The number of rotatable bonds is 7. The molecule has 0 radical (unpaired) electrons. The standard InChI is InChI=1S/C20H22FN7O3/c1-2-3-7-28(8-6-26-19(31)17(29)16(18(22)30)25-20(26)28)10-13-4-5-14(21)9-15(13)27-12-23-11-24-27/h4-5,9,11-12H,2-3,6-8,10H2,1H3,(H2-,22,29,30)/p+1. The molecule has 1 unspecified atom stereocenters. The molecular weight excluding hydrogens is 405 g/mol. The first-order chi connectivity index (χ1) is 14.9. The normalized spacial score (nSPS) is 17.6. The summed E-state index contributed by atoms with van der Waals surface area (Å²) in [6.45, 7) is 3.93. The molecule has 0 aliphatic carbocycles. The van der Waals surface area contributed by atoms with Crippen molar-refractivity contribution in [1.82, 2.24) is 28.8 Å². The number of quaternary nitrogens is 1. The Kier molecular flexibility index (Phi) is 5.27. The Morgan fingerprint density at radius 2 is 2.19 bits per heavy atom. The van der Waals surface area contributed by atoms with Crippen LogP contribution in [-0.2, 0) is 13.1 Å². The largest absolute Gasteiger partial charge is 0.501 e. The van der Waals surface area contributed by atoms with Crippen LogP contribution < -0.4 is 15.8 Å². The minimum atomic E-state index is -0.969. The minimum Gasteiger partial charge on any atom is -0.501 e. The summed E-state index contributed by atoms with van der Waals surface area (Å²) >= 11 is 0. The second kappa shape index (κ2) is 7.91. The molecule has 1 aromatic carbocycles. The first kappa shape index (κ1) is 20.7. The van der Waals surface area contributed by atoms with E-state index in [0.717, 1.165) is 18.4 Å². The van der Waals surface area contributed by atoms with E-state index in [0.29, 0.717) is 37.8 Å². The van der Waals surface area contributed by atoms with Gasteiger partial charge < -0.3 is 10.8 Å². The van der Waals surface area contributed by atoms with Crippen molar-refractivity contribution in [2.75, 3.05) is 13.1 Å². The number of unbranched alkanes of at least 4 members (excludes halogenated alkanes) is 1. The number of fused-ring (bicyclic) bond motifs is 1. The van der Waals surface area contributed by atoms with E-state index >= 15 is 0 Å². The van der Waals surface area contributed by atoms with Gasteiger partial charge in [-0.25, -0.2) is 18.6 Å². The molecule has 0 spiro atoms. The number of aromatic hydroxyl groups is 1. The fraction of sp³-hybridized carbons (Fsp3) is 0.350. The molecule has 3 aromatic rings. The van der Waals surface area contributed by atoms with Gasteiger partial charge in [-0.2, -0.15) is 10.1 Å². The van der Waals surface area contributed by atoms with Crippen LogP contribution in [0, 0.1) is 5.82 Å². The van der Waals surface area contributed by atoms with Crippen LogP contribution in [0.1, 0.15) is 35.8 Å². The molecule has 10 nitrogen and oxygen atoms in total. The molecule has 1 amide bonds. The minimum absolute atomic E-state index is 0.261. The first-order valence-corrected chi connectivity index (χ1v) is 10.00.